The van der Waals surface area contributed by atoms with E-state index in [2.05, 4.69) is 24.0 Å². The summed E-state index contributed by atoms with van der Waals surface area (Å²) in [5.74, 6) is -0.570. The molecule has 1 heterocycles. The van der Waals surface area contributed by atoms with Gasteiger partial charge in [-0.15, -0.1) is 0 Å². The first-order valence-electron chi connectivity index (χ1n) is 8.11. The van der Waals surface area contributed by atoms with Crippen molar-refractivity contribution in [2.75, 3.05) is 32.7 Å². The molecule has 2 rings (SSSR count). The lowest BCUT2D eigenvalue weighted by Crippen LogP contribution is -2.54. The smallest absolute Gasteiger partial charge is 0.346 e. The molecule has 0 bridgehead atoms. The topological polar surface area (TPSA) is 35.6 Å². The minimum absolute atomic E-state index is 0.548. The number of halogens is 3. The van der Waals surface area contributed by atoms with Gasteiger partial charge in [-0.25, -0.2) is 0 Å². The van der Waals surface area contributed by atoms with Crippen molar-refractivity contribution >= 4 is 5.91 Å². The average Bonchev–Trinajstić information content (AvgIpc) is 2.54. The van der Waals surface area contributed by atoms with E-state index in [4.69, 9.17) is 0 Å². The van der Waals surface area contributed by atoms with Crippen LogP contribution in [-0.4, -0.2) is 60.6 Å². The molecule has 1 aromatic carbocycles. The third-order valence-electron chi connectivity index (χ3n) is 4.45. The van der Waals surface area contributed by atoms with E-state index in [0.29, 0.717) is 13.1 Å². The molecule has 1 amide bonds. The fourth-order valence-corrected chi connectivity index (χ4v) is 2.84. The lowest BCUT2D eigenvalue weighted by molar-refractivity contribution is -0.141. The van der Waals surface area contributed by atoms with Crippen LogP contribution in [0.4, 0.5) is 13.2 Å². The Morgan fingerprint density at radius 2 is 1.83 bits per heavy atom. The highest BCUT2D eigenvalue weighted by Crippen LogP contribution is 2.15. The molecule has 134 valence electrons. The molecule has 0 aromatic heterocycles. The Balaban J connectivity index is 1.79. The number of carbonyl (C=O) groups is 1. The zero-order valence-corrected chi connectivity index (χ0v) is 14.1. The molecule has 24 heavy (non-hydrogen) atoms. The van der Waals surface area contributed by atoms with Gasteiger partial charge < -0.3 is 5.32 Å². The Hall–Kier alpha value is -1.60. The van der Waals surface area contributed by atoms with Crippen LogP contribution in [0, 0.1) is 6.92 Å². The third kappa shape index (κ3) is 5.49. The molecule has 0 unspecified atom stereocenters. The summed E-state index contributed by atoms with van der Waals surface area (Å²) in [6.45, 7) is 6.26. The van der Waals surface area contributed by atoms with Gasteiger partial charge >= 0.3 is 6.18 Å². The molecule has 0 saturated carbocycles. The monoisotopic (exact) mass is 343 g/mol. The number of nitrogens with zero attached hydrogens (tertiary/aromatic N) is 2. The standard InChI is InChI=1S/C17H24F3N3O/c1-13-5-3-4-6-15(13)11-22-7-9-23(10-8-22)14(2)16(24)21-12-17(18,19)20/h3-6,14H,7-12H2,1-2H3,(H,21,24)/t14-/m0/s1. The average molecular weight is 343 g/mol. The largest absolute Gasteiger partial charge is 0.405 e. The second-order valence-corrected chi connectivity index (χ2v) is 6.25. The maximum absolute atomic E-state index is 12.2. The number of amides is 1. The molecule has 1 aliphatic heterocycles. The fourth-order valence-electron chi connectivity index (χ4n) is 2.84. The van der Waals surface area contributed by atoms with Gasteiger partial charge in [0.1, 0.15) is 6.54 Å². The summed E-state index contributed by atoms with van der Waals surface area (Å²) in [7, 11) is 0. The number of hydrogen-bond acceptors (Lipinski definition) is 3. The van der Waals surface area contributed by atoms with Crippen molar-refractivity contribution in [1.29, 1.82) is 0 Å². The molecular weight excluding hydrogens is 319 g/mol. The van der Waals surface area contributed by atoms with Gasteiger partial charge in [0, 0.05) is 32.7 Å². The zero-order valence-electron chi connectivity index (χ0n) is 14.1. The molecule has 1 aliphatic rings. The number of hydrogen-bond donors (Lipinski definition) is 1. The molecular formula is C17H24F3N3O. The van der Waals surface area contributed by atoms with Crippen LogP contribution in [0.3, 0.4) is 0 Å². The van der Waals surface area contributed by atoms with Gasteiger partial charge in [-0.3, -0.25) is 14.6 Å². The number of alkyl halides is 3. The molecule has 4 nitrogen and oxygen atoms in total. The summed E-state index contributed by atoms with van der Waals surface area (Å²) in [4.78, 5) is 16.1. The number of aryl methyl sites for hydroxylation is 1. The van der Waals surface area contributed by atoms with Crippen LogP contribution in [-0.2, 0) is 11.3 Å². The van der Waals surface area contributed by atoms with E-state index < -0.39 is 24.7 Å². The minimum Gasteiger partial charge on any atom is -0.346 e. The summed E-state index contributed by atoms with van der Waals surface area (Å²) in [5.41, 5.74) is 2.53. The predicted octanol–water partition coefficient (Wildman–Crippen LogP) is 2.18. The molecule has 1 atom stereocenters. The van der Waals surface area contributed by atoms with Crippen LogP contribution in [0.2, 0.25) is 0 Å². The van der Waals surface area contributed by atoms with Crippen LogP contribution < -0.4 is 5.32 Å². The van der Waals surface area contributed by atoms with Crippen LogP contribution in [0.5, 0.6) is 0 Å². The van der Waals surface area contributed by atoms with Crippen molar-refractivity contribution in [1.82, 2.24) is 15.1 Å². The van der Waals surface area contributed by atoms with Crippen molar-refractivity contribution in [3.8, 4) is 0 Å². The van der Waals surface area contributed by atoms with Gasteiger partial charge in [-0.05, 0) is 25.0 Å². The summed E-state index contributed by atoms with van der Waals surface area (Å²) in [6, 6.07) is 7.67. The van der Waals surface area contributed by atoms with E-state index >= 15 is 0 Å². The molecule has 0 radical (unpaired) electrons. The van der Waals surface area contributed by atoms with E-state index in [1.165, 1.54) is 11.1 Å². The molecule has 1 N–H and O–H groups in total. The van der Waals surface area contributed by atoms with Crippen LogP contribution in [0.15, 0.2) is 24.3 Å². The van der Waals surface area contributed by atoms with Gasteiger partial charge in [0.2, 0.25) is 5.91 Å². The molecule has 1 aromatic rings. The lowest BCUT2D eigenvalue weighted by atomic mass is 10.1. The minimum atomic E-state index is -4.37. The second-order valence-electron chi connectivity index (χ2n) is 6.25. The molecule has 1 saturated heterocycles. The van der Waals surface area contributed by atoms with Crippen molar-refractivity contribution in [2.45, 2.75) is 32.6 Å². The van der Waals surface area contributed by atoms with Gasteiger partial charge in [0.05, 0.1) is 6.04 Å². The summed E-state index contributed by atoms with van der Waals surface area (Å²) in [5, 5.41) is 1.96. The molecule has 0 aliphatic carbocycles. The Kier molecular flexibility index (Phi) is 6.23. The van der Waals surface area contributed by atoms with E-state index in [-0.39, 0.29) is 0 Å². The Labute approximate surface area is 140 Å². The van der Waals surface area contributed by atoms with Gasteiger partial charge in [0.25, 0.3) is 0 Å². The summed E-state index contributed by atoms with van der Waals surface area (Å²) < 4.78 is 36.5. The van der Waals surface area contributed by atoms with E-state index in [1.54, 1.807) is 6.92 Å². The maximum atomic E-state index is 12.2. The van der Waals surface area contributed by atoms with Crippen molar-refractivity contribution < 1.29 is 18.0 Å². The number of carbonyl (C=O) groups excluding carboxylic acids is 1. The number of piperazine rings is 1. The van der Waals surface area contributed by atoms with Crippen molar-refractivity contribution in [3.63, 3.8) is 0 Å². The van der Waals surface area contributed by atoms with Crippen LogP contribution >= 0.6 is 0 Å². The van der Waals surface area contributed by atoms with Crippen LogP contribution in [0.25, 0.3) is 0 Å². The first-order valence-corrected chi connectivity index (χ1v) is 8.11. The Morgan fingerprint density at radius 3 is 2.42 bits per heavy atom. The van der Waals surface area contributed by atoms with E-state index in [1.807, 2.05) is 22.3 Å². The summed E-state index contributed by atoms with van der Waals surface area (Å²) in [6.07, 6.45) is -4.37. The fraction of sp³-hybridized carbons (Fsp3) is 0.588. The summed E-state index contributed by atoms with van der Waals surface area (Å²) >= 11 is 0. The second kappa shape index (κ2) is 7.98. The Morgan fingerprint density at radius 1 is 1.21 bits per heavy atom. The van der Waals surface area contributed by atoms with Crippen LogP contribution in [0.1, 0.15) is 18.1 Å². The van der Waals surface area contributed by atoms with E-state index in [9.17, 15) is 18.0 Å². The highest BCUT2D eigenvalue weighted by molar-refractivity contribution is 5.81. The number of benzene rings is 1. The SMILES string of the molecule is Cc1ccccc1CN1CCN([C@@H](C)C(=O)NCC(F)(F)F)CC1. The third-order valence-corrected chi connectivity index (χ3v) is 4.45. The highest BCUT2D eigenvalue weighted by Gasteiger charge is 2.31. The van der Waals surface area contributed by atoms with Gasteiger partial charge in [-0.1, -0.05) is 24.3 Å². The van der Waals surface area contributed by atoms with E-state index in [0.717, 1.165) is 19.6 Å². The molecule has 1 fully saturated rings. The van der Waals surface area contributed by atoms with Gasteiger partial charge in [0.15, 0.2) is 0 Å². The van der Waals surface area contributed by atoms with Gasteiger partial charge in [-0.2, -0.15) is 13.2 Å². The first-order chi connectivity index (χ1) is 11.3. The highest BCUT2D eigenvalue weighted by atomic mass is 19.4. The normalized spacial score (nSPS) is 18.4. The molecule has 0 spiro atoms. The quantitative estimate of drug-likeness (QED) is 0.890. The maximum Gasteiger partial charge on any atom is 0.405 e. The zero-order chi connectivity index (χ0) is 17.7. The first kappa shape index (κ1) is 18.7. The van der Waals surface area contributed by atoms with Crippen molar-refractivity contribution in [3.05, 3.63) is 35.4 Å². The number of nitrogens with one attached hydrogen (secondary N) is 1. The predicted molar refractivity (Wildman–Crippen MR) is 86.6 cm³/mol. The van der Waals surface area contributed by atoms with Crippen molar-refractivity contribution in [2.24, 2.45) is 0 Å². The Bertz CT molecular complexity index is 554. The molecule has 7 heteroatoms. The lowest BCUT2D eigenvalue weighted by Gasteiger charge is -2.37. The number of rotatable bonds is 5.